The molecule has 0 rings (SSSR count). The molecule has 0 radical (unpaired) electrons. The van der Waals surface area contributed by atoms with Crippen LogP contribution in [0.15, 0.2) is 0 Å². The molecular weight excluding hydrogens is 190 g/mol. The summed E-state index contributed by atoms with van der Waals surface area (Å²) >= 11 is 0. The van der Waals surface area contributed by atoms with Crippen molar-refractivity contribution in [3.63, 3.8) is 0 Å². The highest BCUT2D eigenvalue weighted by molar-refractivity contribution is 7.89. The molecule has 80 valence electrons. The Morgan fingerprint density at radius 1 is 1.08 bits per heavy atom. The summed E-state index contributed by atoms with van der Waals surface area (Å²) in [7, 11) is -3.41. The smallest absolute Gasteiger partial charge is 0.233 e. The molecule has 0 fully saturated rings. The van der Waals surface area contributed by atoms with E-state index in [2.05, 4.69) is 6.92 Å². The zero-order valence-corrected chi connectivity index (χ0v) is 8.94. The molecule has 0 atom stereocenters. The van der Waals surface area contributed by atoms with Crippen LogP contribution in [0.5, 0.6) is 0 Å². The van der Waals surface area contributed by atoms with E-state index in [1.807, 2.05) is 0 Å². The Bertz CT molecular complexity index is 201. The Hall–Kier alpha value is -0.130. The van der Waals surface area contributed by atoms with Crippen LogP contribution in [0, 0.1) is 0 Å². The summed E-state index contributed by atoms with van der Waals surface area (Å²) in [6.07, 6.45) is 6.19. The van der Waals surface area contributed by atoms with E-state index in [9.17, 15) is 8.42 Å². The first-order valence-corrected chi connectivity index (χ1v) is 6.41. The first kappa shape index (κ1) is 12.9. The van der Waals surface area contributed by atoms with Crippen LogP contribution in [0.2, 0.25) is 0 Å². The minimum absolute atomic E-state index is 0.0234. The van der Waals surface area contributed by atoms with Crippen molar-refractivity contribution in [1.82, 2.24) is 4.89 Å². The van der Waals surface area contributed by atoms with Gasteiger partial charge in [-0.2, -0.15) is 0 Å². The first-order valence-electron chi connectivity index (χ1n) is 4.76. The van der Waals surface area contributed by atoms with Gasteiger partial charge in [-0.05, 0) is 6.42 Å². The highest BCUT2D eigenvalue weighted by atomic mass is 32.2. The second kappa shape index (κ2) is 7.29. The number of hydrogen-bond acceptors (Lipinski definition) is 3. The molecule has 0 aromatic heterocycles. The molecule has 5 heteroatoms. The van der Waals surface area contributed by atoms with Gasteiger partial charge in [0, 0.05) is 0 Å². The van der Waals surface area contributed by atoms with E-state index in [-0.39, 0.29) is 5.75 Å². The summed E-state index contributed by atoms with van der Waals surface area (Å²) in [5.41, 5.74) is 0. The van der Waals surface area contributed by atoms with E-state index in [4.69, 9.17) is 5.21 Å². The molecule has 4 nitrogen and oxygen atoms in total. The van der Waals surface area contributed by atoms with Crippen LogP contribution < -0.4 is 4.89 Å². The van der Waals surface area contributed by atoms with Gasteiger partial charge in [0.1, 0.15) is 0 Å². The SMILES string of the molecule is CCCCCCCCS(=O)(=O)NO. The summed E-state index contributed by atoms with van der Waals surface area (Å²) in [6.45, 7) is 2.14. The van der Waals surface area contributed by atoms with Crippen molar-refractivity contribution in [1.29, 1.82) is 0 Å². The number of rotatable bonds is 8. The average Bonchev–Trinajstić information content (AvgIpc) is 2.11. The lowest BCUT2D eigenvalue weighted by Crippen LogP contribution is -2.22. The third kappa shape index (κ3) is 8.21. The largest absolute Gasteiger partial charge is 0.302 e. The standard InChI is InChI=1S/C8H19NO3S/c1-2-3-4-5-6-7-8-13(11,12)9-10/h9-10H,2-8H2,1H3. The number of sulfonamides is 1. The fourth-order valence-electron chi connectivity index (χ4n) is 1.12. The molecule has 13 heavy (non-hydrogen) atoms. The van der Waals surface area contributed by atoms with Gasteiger partial charge < -0.3 is 5.21 Å². The zero-order valence-electron chi connectivity index (χ0n) is 8.12. The third-order valence-electron chi connectivity index (χ3n) is 1.91. The van der Waals surface area contributed by atoms with Gasteiger partial charge in [-0.3, -0.25) is 0 Å². The maximum Gasteiger partial charge on any atom is 0.233 e. The summed E-state index contributed by atoms with van der Waals surface area (Å²) < 4.78 is 21.5. The summed E-state index contributed by atoms with van der Waals surface area (Å²) in [5, 5.41) is 8.20. The predicted octanol–water partition coefficient (Wildman–Crippen LogP) is 1.66. The van der Waals surface area contributed by atoms with E-state index in [1.165, 1.54) is 24.1 Å². The van der Waals surface area contributed by atoms with Crippen molar-refractivity contribution in [2.45, 2.75) is 45.4 Å². The van der Waals surface area contributed by atoms with E-state index >= 15 is 0 Å². The van der Waals surface area contributed by atoms with Crippen LogP contribution in [-0.2, 0) is 10.0 Å². The Balaban J connectivity index is 3.26. The van der Waals surface area contributed by atoms with Gasteiger partial charge in [0.2, 0.25) is 10.0 Å². The van der Waals surface area contributed by atoms with Gasteiger partial charge in [0.15, 0.2) is 0 Å². The second-order valence-corrected chi connectivity index (χ2v) is 5.00. The average molecular weight is 209 g/mol. The quantitative estimate of drug-likeness (QED) is 0.472. The molecule has 0 saturated carbocycles. The molecule has 0 bridgehead atoms. The van der Waals surface area contributed by atoms with Gasteiger partial charge in [0.05, 0.1) is 5.75 Å². The Kier molecular flexibility index (Phi) is 7.22. The lowest BCUT2D eigenvalue weighted by molar-refractivity contribution is 0.242. The fraction of sp³-hybridized carbons (Fsp3) is 1.00. The van der Waals surface area contributed by atoms with Crippen LogP contribution in [0.1, 0.15) is 45.4 Å². The lowest BCUT2D eigenvalue weighted by atomic mass is 10.1. The predicted molar refractivity (Wildman–Crippen MR) is 52.1 cm³/mol. The topological polar surface area (TPSA) is 66.4 Å². The maximum atomic E-state index is 10.7. The molecule has 0 aliphatic rings. The third-order valence-corrected chi connectivity index (χ3v) is 3.01. The summed E-state index contributed by atoms with van der Waals surface area (Å²) in [6, 6.07) is 0. The summed E-state index contributed by atoms with van der Waals surface area (Å²) in [5.74, 6) is 0.0234. The molecule has 0 aliphatic carbocycles. The van der Waals surface area contributed by atoms with Crippen LogP contribution >= 0.6 is 0 Å². The van der Waals surface area contributed by atoms with Gasteiger partial charge in [-0.1, -0.05) is 43.9 Å². The van der Waals surface area contributed by atoms with Crippen molar-refractivity contribution in [3.8, 4) is 0 Å². The minimum atomic E-state index is -3.41. The van der Waals surface area contributed by atoms with Gasteiger partial charge in [-0.25, -0.2) is 8.42 Å². The first-order chi connectivity index (χ1) is 6.12. The van der Waals surface area contributed by atoms with Gasteiger partial charge in [-0.15, -0.1) is 0 Å². The molecule has 2 N–H and O–H groups in total. The van der Waals surface area contributed by atoms with Crippen molar-refractivity contribution < 1.29 is 13.6 Å². The van der Waals surface area contributed by atoms with E-state index < -0.39 is 10.0 Å². The highest BCUT2D eigenvalue weighted by Crippen LogP contribution is 2.05. The molecule has 0 aromatic carbocycles. The van der Waals surface area contributed by atoms with Crippen LogP contribution in [0.3, 0.4) is 0 Å². The van der Waals surface area contributed by atoms with Crippen LogP contribution in [-0.4, -0.2) is 19.4 Å². The van der Waals surface area contributed by atoms with Crippen LogP contribution in [0.25, 0.3) is 0 Å². The van der Waals surface area contributed by atoms with Crippen molar-refractivity contribution >= 4 is 10.0 Å². The van der Waals surface area contributed by atoms with Gasteiger partial charge >= 0.3 is 0 Å². The molecule has 0 aromatic rings. The summed E-state index contributed by atoms with van der Waals surface area (Å²) in [4.78, 5) is 1.32. The zero-order chi connectivity index (χ0) is 10.2. The maximum absolute atomic E-state index is 10.7. The highest BCUT2D eigenvalue weighted by Gasteiger charge is 2.06. The fourth-order valence-corrected chi connectivity index (χ4v) is 1.79. The van der Waals surface area contributed by atoms with E-state index in [0.717, 1.165) is 12.8 Å². The molecule has 0 unspecified atom stereocenters. The van der Waals surface area contributed by atoms with E-state index in [1.54, 1.807) is 0 Å². The monoisotopic (exact) mass is 209 g/mol. The normalized spacial score (nSPS) is 11.8. The molecule has 0 saturated heterocycles. The van der Waals surface area contributed by atoms with Crippen molar-refractivity contribution in [2.24, 2.45) is 0 Å². The van der Waals surface area contributed by atoms with Gasteiger partial charge in [0.25, 0.3) is 0 Å². The second-order valence-electron chi connectivity index (χ2n) is 3.18. The molecule has 0 spiro atoms. The number of nitrogens with one attached hydrogen (secondary N) is 1. The Labute approximate surface area is 80.4 Å². The number of hydrogen-bond donors (Lipinski definition) is 2. The van der Waals surface area contributed by atoms with E-state index in [0.29, 0.717) is 6.42 Å². The minimum Gasteiger partial charge on any atom is -0.302 e. The Morgan fingerprint density at radius 3 is 2.15 bits per heavy atom. The molecule has 0 heterocycles. The van der Waals surface area contributed by atoms with Crippen molar-refractivity contribution in [3.05, 3.63) is 0 Å². The lowest BCUT2D eigenvalue weighted by Gasteiger charge is -2.01. The van der Waals surface area contributed by atoms with Crippen molar-refractivity contribution in [2.75, 3.05) is 5.75 Å². The number of unbranched alkanes of at least 4 members (excludes halogenated alkanes) is 5. The molecule has 0 amide bonds. The molecular formula is C8H19NO3S. The Morgan fingerprint density at radius 2 is 1.62 bits per heavy atom. The molecule has 0 aliphatic heterocycles. The van der Waals surface area contributed by atoms with Crippen LogP contribution in [0.4, 0.5) is 0 Å².